The second-order valence-corrected chi connectivity index (χ2v) is 8.93. The van der Waals surface area contributed by atoms with Crippen molar-refractivity contribution in [3.05, 3.63) is 59.3 Å². The maximum Gasteiger partial charge on any atom is 0.293 e. The summed E-state index contributed by atoms with van der Waals surface area (Å²) < 4.78 is 0.409. The molecule has 2 amide bonds. The molecule has 0 unspecified atom stereocenters. The van der Waals surface area contributed by atoms with Crippen LogP contribution in [0, 0.1) is 0 Å². The number of aromatic hydroxyl groups is 2. The molecule has 0 saturated carbocycles. The van der Waals surface area contributed by atoms with E-state index >= 15 is 0 Å². The molecule has 2 aromatic rings. The summed E-state index contributed by atoms with van der Waals surface area (Å²) in [6, 6.07) is 6.32. The number of nitrogens with zero attached hydrogens (tertiary/aromatic N) is 1. The number of benzene rings is 2. The fourth-order valence-electron chi connectivity index (χ4n) is 2.33. The maximum atomic E-state index is 12.6. The van der Waals surface area contributed by atoms with Crippen LogP contribution >= 0.6 is 66.8 Å². The second-order valence-electron chi connectivity index (χ2n) is 5.48. The Morgan fingerprint density at radius 3 is 2.44 bits per heavy atom. The molecule has 2 N–H and O–H groups in total. The van der Waals surface area contributed by atoms with Crippen molar-refractivity contribution in [2.75, 3.05) is 0 Å². The Bertz CT molecular complexity index is 1010. The highest BCUT2D eigenvalue weighted by Gasteiger charge is 2.35. The number of rotatable bonds is 3. The van der Waals surface area contributed by atoms with Gasteiger partial charge in [0.2, 0.25) is 0 Å². The number of phenols is 2. The Morgan fingerprint density at radius 2 is 1.78 bits per heavy atom. The van der Waals surface area contributed by atoms with E-state index in [9.17, 15) is 19.8 Å². The monoisotopic (exact) mass is 551 g/mol. The summed E-state index contributed by atoms with van der Waals surface area (Å²) >= 11 is 18.9. The van der Waals surface area contributed by atoms with Gasteiger partial charge >= 0.3 is 0 Å². The number of carbonyl (C=O) groups excluding carboxylic acids is 2. The molecule has 1 saturated heterocycles. The van der Waals surface area contributed by atoms with Crippen molar-refractivity contribution in [1.82, 2.24) is 4.90 Å². The molecular formula is C17H9Br2Cl2NO4S. The number of imide groups is 1. The lowest BCUT2D eigenvalue weighted by Crippen LogP contribution is -2.27. The minimum Gasteiger partial charge on any atom is -0.506 e. The lowest BCUT2D eigenvalue weighted by molar-refractivity contribution is -0.123. The van der Waals surface area contributed by atoms with Gasteiger partial charge in [-0.1, -0.05) is 29.3 Å². The van der Waals surface area contributed by atoms with Crippen molar-refractivity contribution in [2.24, 2.45) is 0 Å². The van der Waals surface area contributed by atoms with Gasteiger partial charge in [0.15, 0.2) is 0 Å². The summed E-state index contributed by atoms with van der Waals surface area (Å²) in [6.45, 7) is 0.0494. The third-order valence-corrected chi connectivity index (χ3v) is 6.68. The molecule has 10 heteroatoms. The van der Waals surface area contributed by atoms with E-state index in [0.29, 0.717) is 20.1 Å². The topological polar surface area (TPSA) is 77.8 Å². The molecule has 1 fully saturated rings. The number of amides is 2. The molecule has 0 atom stereocenters. The van der Waals surface area contributed by atoms with Crippen LogP contribution in [0.15, 0.2) is 38.1 Å². The number of carbonyl (C=O) groups is 2. The van der Waals surface area contributed by atoms with Crippen molar-refractivity contribution < 1.29 is 19.8 Å². The van der Waals surface area contributed by atoms with Crippen LogP contribution in [0.1, 0.15) is 11.1 Å². The van der Waals surface area contributed by atoms with Gasteiger partial charge < -0.3 is 10.2 Å². The van der Waals surface area contributed by atoms with Crippen LogP contribution in [0.25, 0.3) is 6.08 Å². The van der Waals surface area contributed by atoms with Gasteiger partial charge in [-0.3, -0.25) is 14.5 Å². The van der Waals surface area contributed by atoms with Crippen molar-refractivity contribution >= 4 is 84.0 Å². The normalized spacial score (nSPS) is 15.9. The molecule has 27 heavy (non-hydrogen) atoms. The number of phenolic OH excluding ortho intramolecular Hbond substituents is 2. The van der Waals surface area contributed by atoms with Crippen molar-refractivity contribution in [3.63, 3.8) is 0 Å². The quantitative estimate of drug-likeness (QED) is 0.445. The SMILES string of the molecule is O=C1S/C(=C\c2cc(Br)c(O)c(Br)c2O)C(=O)N1Cc1ccc(Cl)c(Cl)c1. The first kappa shape index (κ1) is 20.5. The smallest absolute Gasteiger partial charge is 0.293 e. The highest BCUT2D eigenvalue weighted by molar-refractivity contribution is 9.11. The summed E-state index contributed by atoms with van der Waals surface area (Å²) in [5.74, 6) is -0.903. The molecule has 1 aliphatic heterocycles. The van der Waals surface area contributed by atoms with Gasteiger partial charge in [-0.05, 0) is 73.5 Å². The summed E-state index contributed by atoms with van der Waals surface area (Å²) in [6.07, 6.45) is 1.39. The molecule has 5 nitrogen and oxygen atoms in total. The Morgan fingerprint density at radius 1 is 1.07 bits per heavy atom. The zero-order chi connectivity index (χ0) is 19.9. The van der Waals surface area contributed by atoms with Gasteiger partial charge in [0.25, 0.3) is 11.1 Å². The molecule has 0 aliphatic carbocycles. The Hall–Kier alpha value is -1.19. The van der Waals surface area contributed by atoms with Crippen LogP contribution in [-0.4, -0.2) is 26.3 Å². The third-order valence-electron chi connectivity index (χ3n) is 3.68. The molecule has 0 bridgehead atoms. The zero-order valence-corrected chi connectivity index (χ0v) is 18.7. The fourth-order valence-corrected chi connectivity index (χ4v) is 4.63. The average molecular weight is 554 g/mol. The van der Waals surface area contributed by atoms with E-state index in [1.807, 2.05) is 0 Å². The van der Waals surface area contributed by atoms with Crippen LogP contribution in [-0.2, 0) is 11.3 Å². The van der Waals surface area contributed by atoms with Crippen LogP contribution in [0.2, 0.25) is 10.0 Å². The lowest BCUT2D eigenvalue weighted by atomic mass is 10.1. The Balaban J connectivity index is 1.90. The number of thioether (sulfide) groups is 1. The fraction of sp³-hybridized carbons (Fsp3) is 0.0588. The van der Waals surface area contributed by atoms with E-state index < -0.39 is 11.1 Å². The Labute approximate surface area is 185 Å². The first-order valence-corrected chi connectivity index (χ1v) is 10.4. The largest absolute Gasteiger partial charge is 0.506 e. The molecule has 0 spiro atoms. The molecule has 1 aliphatic rings. The molecular weight excluding hydrogens is 545 g/mol. The van der Waals surface area contributed by atoms with Gasteiger partial charge in [-0.2, -0.15) is 0 Å². The second kappa shape index (κ2) is 8.05. The van der Waals surface area contributed by atoms with Gasteiger partial charge in [0.1, 0.15) is 16.0 Å². The average Bonchev–Trinajstić information content (AvgIpc) is 2.88. The molecule has 2 aromatic carbocycles. The number of hydrogen-bond acceptors (Lipinski definition) is 5. The molecule has 1 heterocycles. The summed E-state index contributed by atoms with van der Waals surface area (Å²) in [7, 11) is 0. The predicted octanol–water partition coefficient (Wildman–Crippen LogP) is 6.17. The third kappa shape index (κ3) is 4.14. The predicted molar refractivity (Wildman–Crippen MR) is 113 cm³/mol. The zero-order valence-electron chi connectivity index (χ0n) is 13.2. The van der Waals surface area contributed by atoms with E-state index in [1.54, 1.807) is 18.2 Å². The number of hydrogen-bond donors (Lipinski definition) is 2. The summed E-state index contributed by atoms with van der Waals surface area (Å²) in [4.78, 5) is 26.1. The van der Waals surface area contributed by atoms with Gasteiger partial charge in [0.05, 0.1) is 26.0 Å². The molecule has 0 aromatic heterocycles. The van der Waals surface area contributed by atoms with Crippen molar-refractivity contribution in [1.29, 1.82) is 0 Å². The molecule has 140 valence electrons. The first-order chi connectivity index (χ1) is 12.7. The van der Waals surface area contributed by atoms with Crippen LogP contribution in [0.5, 0.6) is 11.5 Å². The number of halogens is 4. The minimum absolute atomic E-state index is 0.0494. The van der Waals surface area contributed by atoms with Gasteiger partial charge in [0, 0.05) is 5.56 Å². The molecule has 3 rings (SSSR count). The van der Waals surface area contributed by atoms with Crippen molar-refractivity contribution in [3.8, 4) is 11.5 Å². The Kier molecular flexibility index (Phi) is 6.12. The van der Waals surface area contributed by atoms with Crippen LogP contribution in [0.3, 0.4) is 0 Å². The summed E-state index contributed by atoms with van der Waals surface area (Å²) in [5, 5.41) is 20.2. The van der Waals surface area contributed by atoms with E-state index in [-0.39, 0.29) is 33.0 Å². The van der Waals surface area contributed by atoms with E-state index in [1.165, 1.54) is 12.1 Å². The lowest BCUT2D eigenvalue weighted by Gasteiger charge is -2.13. The van der Waals surface area contributed by atoms with Crippen LogP contribution in [0.4, 0.5) is 4.79 Å². The van der Waals surface area contributed by atoms with Gasteiger partial charge in [-0.15, -0.1) is 0 Å². The first-order valence-electron chi connectivity index (χ1n) is 7.28. The highest BCUT2D eigenvalue weighted by Crippen LogP contribution is 2.43. The minimum atomic E-state index is -0.490. The maximum absolute atomic E-state index is 12.6. The summed E-state index contributed by atoms with van der Waals surface area (Å²) in [5.41, 5.74) is 0.928. The van der Waals surface area contributed by atoms with E-state index in [4.69, 9.17) is 23.2 Å². The van der Waals surface area contributed by atoms with Gasteiger partial charge in [-0.25, -0.2) is 0 Å². The van der Waals surface area contributed by atoms with Crippen LogP contribution < -0.4 is 0 Å². The van der Waals surface area contributed by atoms with Crippen molar-refractivity contribution in [2.45, 2.75) is 6.54 Å². The standard InChI is InChI=1S/C17H9Br2Cl2NO4S/c18-9-4-8(14(23)13(19)15(9)24)5-12-16(25)22(17(26)27-12)6-7-1-2-10(20)11(21)3-7/h1-5,23-24H,6H2/b12-5-. The molecule has 0 radical (unpaired) electrons. The van der Waals surface area contributed by atoms with E-state index in [2.05, 4.69) is 31.9 Å². The van der Waals surface area contributed by atoms with E-state index in [0.717, 1.165) is 16.7 Å². The highest BCUT2D eigenvalue weighted by atomic mass is 79.9.